The molecule has 0 bridgehead atoms. The molecule has 4 rings (SSSR count). The van der Waals surface area contributed by atoms with Crippen molar-refractivity contribution in [2.24, 2.45) is 0 Å². The summed E-state index contributed by atoms with van der Waals surface area (Å²) < 4.78 is 0. The number of thioether (sulfide) groups is 1. The Kier molecular flexibility index (Phi) is 12.8. The molecule has 0 unspecified atom stereocenters. The summed E-state index contributed by atoms with van der Waals surface area (Å²) in [6, 6.07) is 21.0. The molecule has 6 N–H and O–H groups in total. The Labute approximate surface area is 281 Å². The standard InChI is InChI=1S/C36H47N5O5S/c1-24(43)21-39-36(2,3)20-33(44)40-31-15-13-27-19-29(47-4)14-16-32(27)41(34(31)45)23-25-9-11-26(12-10-25)30-8-6-5-7-28(30)22-38-35(46)37-17-18-42/h5-12,14,16,19,24,31,39,42-43H,13,15,17-18,20-23H2,1-4H3,(H,40,44)(H2,37,38,46)/t24-,31-/m1/s1. The summed E-state index contributed by atoms with van der Waals surface area (Å²) in [7, 11) is 0. The van der Waals surface area contributed by atoms with Gasteiger partial charge in [0.2, 0.25) is 11.8 Å². The molecule has 11 heteroatoms. The number of hydrogen-bond acceptors (Lipinski definition) is 7. The van der Waals surface area contributed by atoms with Crippen LogP contribution in [-0.2, 0) is 29.1 Å². The van der Waals surface area contributed by atoms with Crippen LogP contribution >= 0.6 is 11.8 Å². The van der Waals surface area contributed by atoms with Crippen LogP contribution in [0, 0.1) is 0 Å². The number of nitrogens with one attached hydrogen (secondary N) is 4. The normalized spacial score (nSPS) is 15.4. The smallest absolute Gasteiger partial charge is 0.315 e. The van der Waals surface area contributed by atoms with Crippen LogP contribution in [0.2, 0.25) is 0 Å². The highest BCUT2D eigenvalue weighted by atomic mass is 32.2. The highest BCUT2D eigenvalue weighted by Crippen LogP contribution is 2.33. The van der Waals surface area contributed by atoms with E-state index in [4.69, 9.17) is 5.11 Å². The minimum absolute atomic E-state index is 0.124. The summed E-state index contributed by atoms with van der Waals surface area (Å²) in [6.07, 6.45) is 2.81. The zero-order valence-electron chi connectivity index (χ0n) is 27.6. The van der Waals surface area contributed by atoms with Gasteiger partial charge < -0.3 is 36.4 Å². The lowest BCUT2D eigenvalue weighted by atomic mass is 9.98. The van der Waals surface area contributed by atoms with Gasteiger partial charge in [-0.3, -0.25) is 9.59 Å². The number of nitrogens with zero attached hydrogens (tertiary/aromatic N) is 1. The van der Waals surface area contributed by atoms with Crippen LogP contribution in [0.1, 0.15) is 50.3 Å². The maximum atomic E-state index is 14.1. The van der Waals surface area contributed by atoms with Crippen molar-refractivity contribution < 1.29 is 24.6 Å². The lowest BCUT2D eigenvalue weighted by Crippen LogP contribution is -2.51. The lowest BCUT2D eigenvalue weighted by molar-refractivity contribution is -0.128. The quantitative estimate of drug-likeness (QED) is 0.144. The van der Waals surface area contributed by atoms with Crippen molar-refractivity contribution in [3.63, 3.8) is 0 Å². The molecule has 0 fully saturated rings. The number of carbonyl (C=O) groups is 3. The number of anilines is 1. The van der Waals surface area contributed by atoms with Gasteiger partial charge in [-0.05, 0) is 85.9 Å². The summed E-state index contributed by atoms with van der Waals surface area (Å²) >= 11 is 1.65. The van der Waals surface area contributed by atoms with Crippen LogP contribution < -0.4 is 26.2 Å². The van der Waals surface area contributed by atoms with Crippen molar-refractivity contribution in [2.45, 2.75) is 75.7 Å². The molecule has 3 aromatic carbocycles. The Morgan fingerprint density at radius 1 is 1.06 bits per heavy atom. The molecule has 0 radical (unpaired) electrons. The number of amides is 4. The van der Waals surface area contributed by atoms with E-state index in [1.54, 1.807) is 23.6 Å². The van der Waals surface area contributed by atoms with Crippen LogP contribution in [0.4, 0.5) is 10.5 Å². The fourth-order valence-electron chi connectivity index (χ4n) is 5.65. The number of rotatable bonds is 14. The van der Waals surface area contributed by atoms with E-state index in [1.807, 2.05) is 80.8 Å². The van der Waals surface area contributed by atoms with Crippen molar-refractivity contribution in [1.82, 2.24) is 21.3 Å². The van der Waals surface area contributed by atoms with E-state index in [9.17, 15) is 19.5 Å². The Hall–Kier alpha value is -3.90. The van der Waals surface area contributed by atoms with E-state index in [1.165, 1.54) is 0 Å². The molecule has 1 aliphatic heterocycles. The summed E-state index contributed by atoms with van der Waals surface area (Å²) in [5, 5.41) is 30.3. The molecule has 3 aromatic rings. The summed E-state index contributed by atoms with van der Waals surface area (Å²) in [6.45, 7) is 6.60. The average molecular weight is 662 g/mol. The van der Waals surface area contributed by atoms with E-state index in [-0.39, 0.29) is 37.4 Å². The molecule has 0 saturated carbocycles. The summed E-state index contributed by atoms with van der Waals surface area (Å²) in [5.41, 5.74) is 5.22. The average Bonchev–Trinajstić information content (AvgIpc) is 3.17. The van der Waals surface area contributed by atoms with Gasteiger partial charge in [-0.15, -0.1) is 11.8 Å². The van der Waals surface area contributed by atoms with Gasteiger partial charge in [0.25, 0.3) is 0 Å². The second-order valence-electron chi connectivity index (χ2n) is 12.6. The Bertz CT molecular complexity index is 1530. The lowest BCUT2D eigenvalue weighted by Gasteiger charge is -2.29. The molecular formula is C36H47N5O5S. The summed E-state index contributed by atoms with van der Waals surface area (Å²) in [5.74, 6) is -0.366. The number of fused-ring (bicyclic) bond motifs is 1. The topological polar surface area (TPSA) is 143 Å². The van der Waals surface area contributed by atoms with Crippen molar-refractivity contribution in [3.8, 4) is 11.1 Å². The zero-order chi connectivity index (χ0) is 34.0. The first-order chi connectivity index (χ1) is 22.5. The molecule has 252 valence electrons. The molecule has 0 aliphatic carbocycles. The minimum Gasteiger partial charge on any atom is -0.395 e. The molecule has 47 heavy (non-hydrogen) atoms. The minimum atomic E-state index is -0.673. The van der Waals surface area contributed by atoms with E-state index >= 15 is 0 Å². The zero-order valence-corrected chi connectivity index (χ0v) is 28.5. The van der Waals surface area contributed by atoms with Gasteiger partial charge in [0.05, 0.1) is 19.3 Å². The van der Waals surface area contributed by atoms with Crippen LogP contribution in [0.25, 0.3) is 11.1 Å². The number of aliphatic hydroxyl groups excluding tert-OH is 2. The number of benzene rings is 3. The van der Waals surface area contributed by atoms with Crippen LogP contribution in [0.15, 0.2) is 71.6 Å². The number of aliphatic hydroxyl groups is 2. The highest BCUT2D eigenvalue weighted by molar-refractivity contribution is 7.98. The fourth-order valence-corrected chi connectivity index (χ4v) is 6.11. The van der Waals surface area contributed by atoms with Crippen LogP contribution in [0.5, 0.6) is 0 Å². The monoisotopic (exact) mass is 661 g/mol. The molecule has 0 saturated heterocycles. The molecule has 10 nitrogen and oxygen atoms in total. The number of aryl methyl sites for hydroxylation is 1. The molecule has 2 atom stereocenters. The van der Waals surface area contributed by atoms with Crippen LogP contribution in [0.3, 0.4) is 0 Å². The number of β-amino-alcohol motifs (C(OH)–C–C–N with tert-alkyl or cyclic N) is 1. The first-order valence-corrected chi connectivity index (χ1v) is 17.2. The molecule has 0 spiro atoms. The predicted octanol–water partition coefficient (Wildman–Crippen LogP) is 3.97. The van der Waals surface area contributed by atoms with Gasteiger partial charge >= 0.3 is 6.03 Å². The number of hydrogen-bond donors (Lipinski definition) is 6. The molecular weight excluding hydrogens is 614 g/mol. The van der Waals surface area contributed by atoms with Gasteiger partial charge in [-0.1, -0.05) is 48.5 Å². The molecule has 0 aromatic heterocycles. The highest BCUT2D eigenvalue weighted by Gasteiger charge is 2.33. The third kappa shape index (κ3) is 10.3. The maximum Gasteiger partial charge on any atom is 0.315 e. The number of urea groups is 1. The first kappa shape index (κ1) is 35.9. The Balaban J connectivity index is 1.53. The third-order valence-corrected chi connectivity index (χ3v) is 8.84. The van der Waals surface area contributed by atoms with Gasteiger partial charge in [0.1, 0.15) is 6.04 Å². The second-order valence-corrected chi connectivity index (χ2v) is 13.4. The third-order valence-electron chi connectivity index (χ3n) is 8.12. The maximum absolute atomic E-state index is 14.1. The SMILES string of the molecule is CSc1ccc2c(c1)CC[C@@H](NC(=O)CC(C)(C)NC[C@@H](C)O)C(=O)N2Cc1ccc(-c2ccccc2CNC(=O)NCCO)cc1. The van der Waals surface area contributed by atoms with Crippen molar-refractivity contribution in [1.29, 1.82) is 0 Å². The van der Waals surface area contributed by atoms with Crippen molar-refractivity contribution in [3.05, 3.63) is 83.4 Å². The molecule has 4 amide bonds. The van der Waals surface area contributed by atoms with Gasteiger partial charge in [-0.25, -0.2) is 4.79 Å². The van der Waals surface area contributed by atoms with Gasteiger partial charge in [0.15, 0.2) is 0 Å². The van der Waals surface area contributed by atoms with E-state index in [0.717, 1.165) is 38.4 Å². The predicted molar refractivity (Wildman–Crippen MR) is 187 cm³/mol. The van der Waals surface area contributed by atoms with Crippen molar-refractivity contribution >= 4 is 35.3 Å². The Morgan fingerprint density at radius 2 is 1.81 bits per heavy atom. The number of carbonyl (C=O) groups excluding carboxylic acids is 3. The Morgan fingerprint density at radius 3 is 2.51 bits per heavy atom. The largest absolute Gasteiger partial charge is 0.395 e. The molecule has 1 heterocycles. The van der Waals surface area contributed by atoms with Gasteiger partial charge in [-0.2, -0.15) is 0 Å². The fraction of sp³-hybridized carbons (Fsp3) is 0.417. The summed E-state index contributed by atoms with van der Waals surface area (Å²) in [4.78, 5) is 42.2. The van der Waals surface area contributed by atoms with Crippen molar-refractivity contribution in [2.75, 3.05) is 30.9 Å². The van der Waals surface area contributed by atoms with Gasteiger partial charge in [0, 0.05) is 42.2 Å². The van der Waals surface area contributed by atoms with Crippen LogP contribution in [-0.4, -0.2) is 71.7 Å². The van der Waals surface area contributed by atoms with E-state index in [0.29, 0.717) is 32.5 Å². The second kappa shape index (κ2) is 16.8. The van der Waals surface area contributed by atoms with E-state index < -0.39 is 17.7 Å². The molecule has 1 aliphatic rings. The first-order valence-electron chi connectivity index (χ1n) is 16.0. The van der Waals surface area contributed by atoms with E-state index in [2.05, 4.69) is 27.3 Å².